The van der Waals surface area contributed by atoms with E-state index in [9.17, 15) is 8.42 Å². The summed E-state index contributed by atoms with van der Waals surface area (Å²) in [4.78, 5) is 4.84. The topological polar surface area (TPSA) is 58.5 Å². The van der Waals surface area contributed by atoms with E-state index in [1.807, 2.05) is 12.1 Å². The highest BCUT2D eigenvalue weighted by Gasteiger charge is 2.30. The molecular formula is C14H18N2O2S. The van der Waals surface area contributed by atoms with E-state index in [-0.39, 0.29) is 0 Å². The van der Waals surface area contributed by atoms with Crippen LogP contribution in [0.25, 0.3) is 0 Å². The molecule has 1 aromatic rings. The second-order valence-electron chi connectivity index (χ2n) is 5.58. The van der Waals surface area contributed by atoms with Gasteiger partial charge in [-0.15, -0.1) is 0 Å². The van der Waals surface area contributed by atoms with Crippen LogP contribution >= 0.6 is 0 Å². The highest BCUT2D eigenvalue weighted by atomic mass is 32.2. The van der Waals surface area contributed by atoms with Crippen molar-refractivity contribution >= 4 is 15.9 Å². The summed E-state index contributed by atoms with van der Waals surface area (Å²) in [5.41, 5.74) is 0.702. The van der Waals surface area contributed by atoms with Crippen molar-refractivity contribution in [1.82, 2.24) is 4.72 Å². The molecule has 3 rings (SSSR count). The Hall–Kier alpha value is -1.36. The maximum Gasteiger partial charge on any atom is 0.263 e. The van der Waals surface area contributed by atoms with Crippen molar-refractivity contribution in [3.8, 4) is 0 Å². The molecular weight excluding hydrogens is 260 g/mol. The van der Waals surface area contributed by atoms with Crippen LogP contribution in [0.4, 0.5) is 0 Å². The predicted molar refractivity (Wildman–Crippen MR) is 74.7 cm³/mol. The van der Waals surface area contributed by atoms with Crippen molar-refractivity contribution in [2.45, 2.75) is 31.1 Å². The first-order valence-electron chi connectivity index (χ1n) is 6.73. The molecule has 0 aromatic heterocycles. The third kappa shape index (κ3) is 2.39. The minimum Gasteiger partial charge on any atom is -0.267 e. The Kier molecular flexibility index (Phi) is 3.09. The second-order valence-corrected chi connectivity index (χ2v) is 7.23. The summed E-state index contributed by atoms with van der Waals surface area (Å²) in [7, 11) is -3.39. The molecule has 0 bridgehead atoms. The van der Waals surface area contributed by atoms with E-state index in [1.165, 1.54) is 19.3 Å². The summed E-state index contributed by atoms with van der Waals surface area (Å²) in [6.07, 6.45) is 3.66. The Bertz CT molecular complexity index is 622. The van der Waals surface area contributed by atoms with Crippen LogP contribution in [0, 0.1) is 11.8 Å². The Balaban J connectivity index is 1.83. The molecule has 19 heavy (non-hydrogen) atoms. The number of nitrogens with one attached hydrogen (secondary N) is 1. The Labute approximate surface area is 114 Å². The van der Waals surface area contributed by atoms with Gasteiger partial charge in [-0.3, -0.25) is 9.71 Å². The van der Waals surface area contributed by atoms with Gasteiger partial charge >= 0.3 is 0 Å². The lowest BCUT2D eigenvalue weighted by Gasteiger charge is -2.06. The van der Waals surface area contributed by atoms with E-state index in [1.54, 1.807) is 12.1 Å². The van der Waals surface area contributed by atoms with Crippen molar-refractivity contribution in [3.63, 3.8) is 0 Å². The first kappa shape index (κ1) is 12.7. The summed E-state index contributed by atoms with van der Waals surface area (Å²) in [6, 6.07) is 7.01. The minimum atomic E-state index is -3.39. The largest absolute Gasteiger partial charge is 0.267 e. The number of benzene rings is 1. The van der Waals surface area contributed by atoms with E-state index in [2.05, 4.69) is 16.6 Å². The van der Waals surface area contributed by atoms with Gasteiger partial charge in [0.05, 0.1) is 4.90 Å². The molecule has 2 atom stereocenters. The molecule has 4 nitrogen and oxygen atoms in total. The molecule has 0 saturated heterocycles. The molecule has 2 aliphatic rings. The van der Waals surface area contributed by atoms with Gasteiger partial charge in [0, 0.05) is 12.1 Å². The lowest BCUT2D eigenvalue weighted by Crippen LogP contribution is -2.23. The first-order valence-corrected chi connectivity index (χ1v) is 8.21. The quantitative estimate of drug-likeness (QED) is 0.901. The second kappa shape index (κ2) is 4.63. The van der Waals surface area contributed by atoms with Crippen molar-refractivity contribution in [2.75, 3.05) is 6.54 Å². The highest BCUT2D eigenvalue weighted by Crippen LogP contribution is 2.31. The van der Waals surface area contributed by atoms with Gasteiger partial charge < -0.3 is 0 Å². The van der Waals surface area contributed by atoms with Crippen molar-refractivity contribution in [1.29, 1.82) is 0 Å². The highest BCUT2D eigenvalue weighted by molar-refractivity contribution is 7.90. The van der Waals surface area contributed by atoms with Crippen LogP contribution in [0.3, 0.4) is 0 Å². The van der Waals surface area contributed by atoms with E-state index >= 15 is 0 Å². The summed E-state index contributed by atoms with van der Waals surface area (Å²) in [5, 5.41) is 0. The Morgan fingerprint density at radius 3 is 2.84 bits per heavy atom. The molecule has 1 saturated carbocycles. The number of fused-ring (bicyclic) bond motifs is 1. The monoisotopic (exact) mass is 278 g/mol. The smallest absolute Gasteiger partial charge is 0.263 e. The fourth-order valence-electron chi connectivity index (χ4n) is 2.96. The molecule has 1 aromatic carbocycles. The van der Waals surface area contributed by atoms with E-state index < -0.39 is 10.0 Å². The van der Waals surface area contributed by atoms with E-state index in [0.29, 0.717) is 22.2 Å². The summed E-state index contributed by atoms with van der Waals surface area (Å²) < 4.78 is 26.4. The molecule has 1 aliphatic carbocycles. The zero-order valence-corrected chi connectivity index (χ0v) is 11.8. The maximum atomic E-state index is 11.9. The van der Waals surface area contributed by atoms with Gasteiger partial charge in [0.1, 0.15) is 5.84 Å². The SMILES string of the molecule is CC1CCC(CN=C2NS(=O)(=O)c3ccccc32)C1. The number of aliphatic imine (C=N–C) groups is 1. The van der Waals surface area contributed by atoms with Gasteiger partial charge in [-0.2, -0.15) is 0 Å². The molecule has 102 valence electrons. The number of hydrogen-bond acceptors (Lipinski definition) is 3. The zero-order valence-electron chi connectivity index (χ0n) is 11.0. The van der Waals surface area contributed by atoms with Crippen LogP contribution in [-0.2, 0) is 10.0 Å². The fraction of sp³-hybridized carbons (Fsp3) is 0.500. The standard InChI is InChI=1S/C14H18N2O2S/c1-10-6-7-11(8-10)9-15-14-12-4-2-3-5-13(12)19(17,18)16-14/h2-5,10-11H,6-9H2,1H3,(H,15,16). The molecule has 0 amide bonds. The van der Waals surface area contributed by atoms with Gasteiger partial charge in [0.2, 0.25) is 0 Å². The lowest BCUT2D eigenvalue weighted by molar-refractivity contribution is 0.526. The lowest BCUT2D eigenvalue weighted by atomic mass is 10.1. The number of hydrogen-bond donors (Lipinski definition) is 1. The van der Waals surface area contributed by atoms with Crippen LogP contribution in [0.5, 0.6) is 0 Å². The van der Waals surface area contributed by atoms with E-state index in [0.717, 1.165) is 12.5 Å². The van der Waals surface area contributed by atoms with E-state index in [4.69, 9.17) is 0 Å². The third-order valence-corrected chi connectivity index (χ3v) is 5.37. The zero-order chi connectivity index (χ0) is 13.5. The molecule has 0 spiro atoms. The van der Waals surface area contributed by atoms with Crippen LogP contribution in [0.15, 0.2) is 34.2 Å². The van der Waals surface area contributed by atoms with Crippen molar-refractivity contribution in [2.24, 2.45) is 16.8 Å². The van der Waals surface area contributed by atoms with Crippen LogP contribution in [0.1, 0.15) is 31.7 Å². The molecule has 1 heterocycles. The van der Waals surface area contributed by atoms with Crippen LogP contribution < -0.4 is 4.72 Å². The third-order valence-electron chi connectivity index (χ3n) is 3.97. The maximum absolute atomic E-state index is 11.9. The van der Waals surface area contributed by atoms with Gasteiger partial charge in [-0.25, -0.2) is 8.42 Å². The van der Waals surface area contributed by atoms with Crippen molar-refractivity contribution < 1.29 is 8.42 Å². The Morgan fingerprint density at radius 2 is 2.11 bits per heavy atom. The normalized spacial score (nSPS) is 30.3. The molecule has 1 fully saturated rings. The van der Waals surface area contributed by atoms with Crippen LogP contribution in [0.2, 0.25) is 0 Å². The number of rotatable bonds is 2. The summed E-state index contributed by atoms with van der Waals surface area (Å²) in [5.74, 6) is 1.88. The van der Waals surface area contributed by atoms with Crippen molar-refractivity contribution in [3.05, 3.63) is 29.8 Å². The van der Waals surface area contributed by atoms with Gasteiger partial charge in [-0.05, 0) is 36.8 Å². The molecule has 2 unspecified atom stereocenters. The fourth-order valence-corrected chi connectivity index (χ4v) is 4.21. The average molecular weight is 278 g/mol. The average Bonchev–Trinajstić information content (AvgIpc) is 2.90. The summed E-state index contributed by atoms with van der Waals surface area (Å²) in [6.45, 7) is 2.98. The van der Waals surface area contributed by atoms with Crippen LogP contribution in [-0.4, -0.2) is 20.8 Å². The molecule has 0 radical (unpaired) electrons. The number of sulfonamides is 1. The molecule has 1 N–H and O–H groups in total. The molecule has 5 heteroatoms. The van der Waals surface area contributed by atoms with Gasteiger partial charge in [0.15, 0.2) is 0 Å². The molecule has 1 aliphatic heterocycles. The predicted octanol–water partition coefficient (Wildman–Crippen LogP) is 2.16. The summed E-state index contributed by atoms with van der Waals surface area (Å²) >= 11 is 0. The van der Waals surface area contributed by atoms with Gasteiger partial charge in [0.25, 0.3) is 10.0 Å². The number of amidine groups is 1. The minimum absolute atomic E-state index is 0.341. The van der Waals surface area contributed by atoms with Gasteiger partial charge in [-0.1, -0.05) is 25.5 Å². The first-order chi connectivity index (χ1) is 9.06. The number of nitrogens with zero attached hydrogens (tertiary/aromatic N) is 1. The Morgan fingerprint density at radius 1 is 1.32 bits per heavy atom.